The van der Waals surface area contributed by atoms with Crippen molar-refractivity contribution < 1.29 is 9.53 Å². The van der Waals surface area contributed by atoms with Gasteiger partial charge in [-0.25, -0.2) is 9.78 Å². The van der Waals surface area contributed by atoms with Gasteiger partial charge in [-0.05, 0) is 66.0 Å². The highest BCUT2D eigenvalue weighted by molar-refractivity contribution is 14.0. The lowest BCUT2D eigenvalue weighted by Crippen LogP contribution is -2.49. The number of nitrogens with one attached hydrogen (secondary N) is 2. The number of carbonyl (C=O) groups excluding carboxylic acids is 1. The Hall–Kier alpha value is -1.78. The predicted octanol–water partition coefficient (Wildman–Crippen LogP) is 3.79. The summed E-state index contributed by atoms with van der Waals surface area (Å²) in [6.07, 6.45) is 2.58. The summed E-state index contributed by atoms with van der Waals surface area (Å²) in [5, 5.41) is 6.91. The van der Waals surface area contributed by atoms with Gasteiger partial charge in [0.25, 0.3) is 0 Å². The standard InChI is InChI=1S/C23H40N6O2.HI/c1-17-9-8-10-20(26-17)29-15-12-19(13-16-29)27-21(24-6)25-14-11-18(2)28(7)22(30)31-23(3,4)5;/h8-10,18-19H,11-16H2,1-7H3,(H2,24,25,27);1H. The van der Waals surface area contributed by atoms with Crippen LogP contribution in [0.3, 0.4) is 0 Å². The average Bonchev–Trinajstić information content (AvgIpc) is 2.71. The molecule has 1 aliphatic heterocycles. The second-order valence-electron chi connectivity index (χ2n) is 9.27. The number of aliphatic imine (C=N–C) groups is 1. The Morgan fingerprint density at radius 2 is 2.00 bits per heavy atom. The Bertz CT molecular complexity index is 744. The molecule has 0 aromatic carbocycles. The number of aryl methyl sites for hydroxylation is 1. The molecule has 1 atom stereocenters. The average molecular weight is 561 g/mol. The monoisotopic (exact) mass is 560 g/mol. The van der Waals surface area contributed by atoms with Crippen LogP contribution in [0.15, 0.2) is 23.2 Å². The van der Waals surface area contributed by atoms with Crippen molar-refractivity contribution >= 4 is 41.8 Å². The summed E-state index contributed by atoms with van der Waals surface area (Å²) in [6, 6.07) is 6.62. The van der Waals surface area contributed by atoms with E-state index < -0.39 is 5.60 Å². The normalized spacial score (nSPS) is 16.1. The van der Waals surface area contributed by atoms with E-state index in [0.717, 1.165) is 56.4 Å². The molecule has 182 valence electrons. The predicted molar refractivity (Wildman–Crippen MR) is 142 cm³/mol. The summed E-state index contributed by atoms with van der Waals surface area (Å²) in [7, 11) is 3.57. The van der Waals surface area contributed by atoms with Crippen LogP contribution in [-0.2, 0) is 4.74 Å². The van der Waals surface area contributed by atoms with Gasteiger partial charge in [-0.1, -0.05) is 6.07 Å². The molecule has 1 unspecified atom stereocenters. The van der Waals surface area contributed by atoms with E-state index in [0.29, 0.717) is 6.04 Å². The number of ether oxygens (including phenoxy) is 1. The Morgan fingerprint density at radius 3 is 2.56 bits per heavy atom. The Kier molecular flexibility index (Phi) is 11.5. The molecule has 0 spiro atoms. The number of pyridine rings is 1. The summed E-state index contributed by atoms with van der Waals surface area (Å²) in [4.78, 5) is 25.2. The molecule has 2 heterocycles. The van der Waals surface area contributed by atoms with Crippen LogP contribution >= 0.6 is 24.0 Å². The van der Waals surface area contributed by atoms with Crippen molar-refractivity contribution in [3.63, 3.8) is 0 Å². The van der Waals surface area contributed by atoms with E-state index >= 15 is 0 Å². The zero-order valence-electron chi connectivity index (χ0n) is 20.6. The van der Waals surface area contributed by atoms with Crippen molar-refractivity contribution in [2.24, 2.45) is 4.99 Å². The lowest BCUT2D eigenvalue weighted by atomic mass is 10.1. The van der Waals surface area contributed by atoms with Crippen LogP contribution in [0.4, 0.5) is 10.6 Å². The molecule has 32 heavy (non-hydrogen) atoms. The highest BCUT2D eigenvalue weighted by Gasteiger charge is 2.23. The molecule has 1 amide bonds. The lowest BCUT2D eigenvalue weighted by molar-refractivity contribution is 0.0230. The van der Waals surface area contributed by atoms with Crippen molar-refractivity contribution in [3.8, 4) is 0 Å². The van der Waals surface area contributed by atoms with Crippen molar-refractivity contribution in [2.75, 3.05) is 38.6 Å². The minimum atomic E-state index is -0.486. The molecule has 1 saturated heterocycles. The molecule has 8 nitrogen and oxygen atoms in total. The summed E-state index contributed by atoms with van der Waals surface area (Å²) >= 11 is 0. The molecule has 0 aliphatic carbocycles. The number of amides is 1. The highest BCUT2D eigenvalue weighted by Crippen LogP contribution is 2.18. The fourth-order valence-corrected chi connectivity index (χ4v) is 3.45. The molecular weight excluding hydrogens is 519 g/mol. The topological polar surface area (TPSA) is 82.1 Å². The van der Waals surface area contributed by atoms with Crippen LogP contribution in [0.1, 0.15) is 52.7 Å². The van der Waals surface area contributed by atoms with Crippen molar-refractivity contribution in [1.29, 1.82) is 0 Å². The van der Waals surface area contributed by atoms with Crippen LogP contribution in [0.5, 0.6) is 0 Å². The van der Waals surface area contributed by atoms with E-state index in [1.807, 2.05) is 40.7 Å². The molecular formula is C23H41IN6O2. The fraction of sp³-hybridized carbons (Fsp3) is 0.696. The number of rotatable bonds is 6. The van der Waals surface area contributed by atoms with Crippen LogP contribution in [-0.4, -0.2) is 73.4 Å². The van der Waals surface area contributed by atoms with E-state index in [-0.39, 0.29) is 36.1 Å². The first-order valence-electron chi connectivity index (χ1n) is 11.2. The van der Waals surface area contributed by atoms with Crippen LogP contribution in [0, 0.1) is 6.92 Å². The van der Waals surface area contributed by atoms with Crippen LogP contribution < -0.4 is 15.5 Å². The van der Waals surface area contributed by atoms with E-state index in [1.54, 1.807) is 19.0 Å². The maximum atomic E-state index is 12.2. The third-order valence-corrected chi connectivity index (χ3v) is 5.45. The van der Waals surface area contributed by atoms with Crippen molar-refractivity contribution in [3.05, 3.63) is 23.9 Å². The molecule has 0 radical (unpaired) electrons. The fourth-order valence-electron chi connectivity index (χ4n) is 3.45. The van der Waals surface area contributed by atoms with Crippen molar-refractivity contribution in [1.82, 2.24) is 20.5 Å². The van der Waals surface area contributed by atoms with Gasteiger partial charge >= 0.3 is 6.09 Å². The summed E-state index contributed by atoms with van der Waals surface area (Å²) in [6.45, 7) is 12.4. The Morgan fingerprint density at radius 1 is 1.34 bits per heavy atom. The van der Waals surface area contributed by atoms with Gasteiger partial charge in [-0.2, -0.15) is 0 Å². The number of anilines is 1. The quantitative estimate of drug-likeness (QED) is 0.313. The molecule has 1 aliphatic rings. The molecule has 1 fully saturated rings. The first-order valence-corrected chi connectivity index (χ1v) is 11.2. The molecule has 0 saturated carbocycles. The number of carbonyl (C=O) groups is 1. The number of piperidine rings is 1. The molecule has 1 aromatic heterocycles. The van der Waals surface area contributed by atoms with Crippen molar-refractivity contribution in [2.45, 2.75) is 71.6 Å². The highest BCUT2D eigenvalue weighted by atomic mass is 127. The number of aromatic nitrogens is 1. The molecule has 1 aromatic rings. The van der Waals surface area contributed by atoms with E-state index in [9.17, 15) is 4.79 Å². The second-order valence-corrected chi connectivity index (χ2v) is 9.27. The second kappa shape index (κ2) is 13.1. The Balaban J connectivity index is 0.00000512. The van der Waals surface area contributed by atoms with Gasteiger partial charge in [0, 0.05) is 51.5 Å². The largest absolute Gasteiger partial charge is 0.444 e. The minimum absolute atomic E-state index is 0. The van der Waals surface area contributed by atoms with Gasteiger partial charge in [0.05, 0.1) is 0 Å². The Labute approximate surface area is 210 Å². The van der Waals surface area contributed by atoms with Gasteiger partial charge in [0.1, 0.15) is 11.4 Å². The summed E-state index contributed by atoms with van der Waals surface area (Å²) in [5.41, 5.74) is 0.564. The summed E-state index contributed by atoms with van der Waals surface area (Å²) < 4.78 is 5.44. The maximum Gasteiger partial charge on any atom is 0.410 e. The number of hydrogen-bond acceptors (Lipinski definition) is 5. The molecule has 0 bridgehead atoms. The third-order valence-electron chi connectivity index (χ3n) is 5.45. The first kappa shape index (κ1) is 28.3. The zero-order valence-corrected chi connectivity index (χ0v) is 23.0. The van der Waals surface area contributed by atoms with Gasteiger partial charge in [-0.3, -0.25) is 4.99 Å². The minimum Gasteiger partial charge on any atom is -0.444 e. The number of nitrogens with zero attached hydrogens (tertiary/aromatic N) is 4. The smallest absolute Gasteiger partial charge is 0.410 e. The number of halogens is 1. The first-order chi connectivity index (χ1) is 14.6. The number of hydrogen-bond donors (Lipinski definition) is 2. The number of guanidine groups is 1. The van der Waals surface area contributed by atoms with Crippen LogP contribution in [0.25, 0.3) is 0 Å². The molecule has 2 N–H and O–H groups in total. The lowest BCUT2D eigenvalue weighted by Gasteiger charge is -2.34. The van der Waals surface area contributed by atoms with Gasteiger partial charge < -0.3 is 25.2 Å². The van der Waals surface area contributed by atoms with E-state index in [1.165, 1.54) is 0 Å². The van der Waals surface area contributed by atoms with Gasteiger partial charge in [0.15, 0.2) is 5.96 Å². The van der Waals surface area contributed by atoms with Gasteiger partial charge in [0.2, 0.25) is 0 Å². The molecule has 9 heteroatoms. The summed E-state index contributed by atoms with van der Waals surface area (Å²) in [5.74, 6) is 1.86. The van der Waals surface area contributed by atoms with E-state index in [4.69, 9.17) is 4.74 Å². The van der Waals surface area contributed by atoms with E-state index in [2.05, 4.69) is 37.6 Å². The maximum absolute atomic E-state index is 12.2. The zero-order chi connectivity index (χ0) is 23.0. The van der Waals surface area contributed by atoms with Gasteiger partial charge in [-0.15, -0.1) is 24.0 Å². The third kappa shape index (κ3) is 9.38. The SMILES string of the molecule is CN=C(NCCC(C)N(C)C(=O)OC(C)(C)C)NC1CCN(c2cccc(C)n2)CC1.I. The van der Waals surface area contributed by atoms with Crippen LogP contribution in [0.2, 0.25) is 0 Å². The molecule has 2 rings (SSSR count).